The maximum Gasteiger partial charge on any atom is 0.412 e. The van der Waals surface area contributed by atoms with E-state index in [1.807, 2.05) is 51.1 Å². The van der Waals surface area contributed by atoms with Crippen LogP contribution in [-0.4, -0.2) is 48.7 Å². The van der Waals surface area contributed by atoms with E-state index >= 15 is 0 Å². The van der Waals surface area contributed by atoms with E-state index in [2.05, 4.69) is 16.7 Å². The van der Waals surface area contributed by atoms with Crippen molar-refractivity contribution < 1.29 is 19.1 Å². The van der Waals surface area contributed by atoms with Gasteiger partial charge in [0.15, 0.2) is 0 Å². The molecule has 0 radical (unpaired) electrons. The Hall–Kier alpha value is -2.92. The second kappa shape index (κ2) is 12.2. The van der Waals surface area contributed by atoms with Crippen LogP contribution >= 0.6 is 0 Å². The minimum absolute atomic E-state index is 0.0880. The molecule has 0 spiro atoms. The Morgan fingerprint density at radius 3 is 2.51 bits per heavy atom. The molecule has 1 heterocycles. The summed E-state index contributed by atoms with van der Waals surface area (Å²) in [5.41, 5.74) is -0.400. The largest absolute Gasteiger partial charge is 0.447 e. The third-order valence-electron chi connectivity index (χ3n) is 6.37. The zero-order chi connectivity index (χ0) is 25.3. The van der Waals surface area contributed by atoms with Crippen molar-refractivity contribution in [2.24, 2.45) is 10.4 Å². The van der Waals surface area contributed by atoms with E-state index in [1.54, 1.807) is 0 Å². The number of aliphatic imine (C=N–C) groups is 1. The summed E-state index contributed by atoms with van der Waals surface area (Å²) in [6.45, 7) is 6.96. The van der Waals surface area contributed by atoms with Gasteiger partial charge in [0, 0.05) is 12.2 Å². The SMILES string of the molecule is CC(C)(C)CC(N=C(NC(=O)OCC1CCCO1)c1ccccc1)C(=O)NC1(C#N)CCCCC1. The lowest BCUT2D eigenvalue weighted by molar-refractivity contribution is -0.124. The lowest BCUT2D eigenvalue weighted by Crippen LogP contribution is -2.52. The predicted octanol–water partition coefficient (Wildman–Crippen LogP) is 4.49. The first-order valence-electron chi connectivity index (χ1n) is 12.6. The van der Waals surface area contributed by atoms with Crippen LogP contribution in [0.5, 0.6) is 0 Å². The van der Waals surface area contributed by atoms with E-state index in [0.29, 0.717) is 31.4 Å². The van der Waals surface area contributed by atoms with Gasteiger partial charge in [-0.3, -0.25) is 15.1 Å². The van der Waals surface area contributed by atoms with Crippen molar-refractivity contribution in [2.75, 3.05) is 13.2 Å². The normalized spacial score (nSPS) is 21.0. The number of nitrogens with one attached hydrogen (secondary N) is 2. The van der Waals surface area contributed by atoms with Crippen LogP contribution in [0, 0.1) is 16.7 Å². The summed E-state index contributed by atoms with van der Waals surface area (Å²) in [6, 6.07) is 10.8. The first kappa shape index (κ1) is 26.7. The Morgan fingerprint density at radius 2 is 1.91 bits per heavy atom. The fraction of sp³-hybridized carbons (Fsp3) is 0.630. The van der Waals surface area contributed by atoms with E-state index in [1.165, 1.54) is 0 Å². The summed E-state index contributed by atoms with van der Waals surface area (Å²) in [5, 5.41) is 15.6. The maximum absolute atomic E-state index is 13.5. The molecule has 1 saturated heterocycles. The van der Waals surface area contributed by atoms with Crippen molar-refractivity contribution in [3.8, 4) is 6.07 Å². The van der Waals surface area contributed by atoms with Crippen LogP contribution in [0.25, 0.3) is 0 Å². The lowest BCUT2D eigenvalue weighted by atomic mass is 9.82. The summed E-state index contributed by atoms with van der Waals surface area (Å²) in [7, 11) is 0. The predicted molar refractivity (Wildman–Crippen MR) is 134 cm³/mol. The van der Waals surface area contributed by atoms with Crippen LogP contribution in [0.15, 0.2) is 35.3 Å². The van der Waals surface area contributed by atoms with E-state index in [0.717, 1.165) is 32.1 Å². The minimum Gasteiger partial charge on any atom is -0.447 e. The fourth-order valence-corrected chi connectivity index (χ4v) is 4.52. The molecular formula is C27H38N4O4. The van der Waals surface area contributed by atoms with E-state index in [4.69, 9.17) is 14.5 Å². The number of hydrogen-bond donors (Lipinski definition) is 2. The Bertz CT molecular complexity index is 921. The molecule has 190 valence electrons. The highest BCUT2D eigenvalue weighted by molar-refractivity contribution is 6.07. The molecule has 2 atom stereocenters. The number of ether oxygens (including phenoxy) is 2. The highest BCUT2D eigenvalue weighted by atomic mass is 16.6. The van der Waals surface area contributed by atoms with Gasteiger partial charge in [0.1, 0.15) is 24.0 Å². The van der Waals surface area contributed by atoms with Crippen LogP contribution in [0.2, 0.25) is 0 Å². The molecule has 1 aliphatic heterocycles. The van der Waals surface area contributed by atoms with Crippen molar-refractivity contribution in [1.29, 1.82) is 5.26 Å². The number of hydrogen-bond acceptors (Lipinski definition) is 6. The van der Waals surface area contributed by atoms with Gasteiger partial charge >= 0.3 is 6.09 Å². The molecule has 8 heteroatoms. The number of amidine groups is 1. The minimum atomic E-state index is -0.860. The second-order valence-corrected chi connectivity index (χ2v) is 10.7. The van der Waals surface area contributed by atoms with Crippen LogP contribution in [-0.2, 0) is 14.3 Å². The van der Waals surface area contributed by atoms with Gasteiger partial charge < -0.3 is 14.8 Å². The van der Waals surface area contributed by atoms with E-state index < -0.39 is 17.7 Å². The quantitative estimate of drug-likeness (QED) is 0.439. The number of amides is 2. The van der Waals surface area contributed by atoms with Gasteiger partial charge in [-0.15, -0.1) is 0 Å². The van der Waals surface area contributed by atoms with Crippen molar-refractivity contribution in [2.45, 2.75) is 89.8 Å². The number of alkyl carbamates (subject to hydrolysis) is 1. The molecule has 0 aromatic heterocycles. The van der Waals surface area contributed by atoms with Crippen molar-refractivity contribution in [1.82, 2.24) is 10.6 Å². The van der Waals surface area contributed by atoms with Gasteiger partial charge in [0.25, 0.3) is 0 Å². The molecule has 1 aliphatic carbocycles. The van der Waals surface area contributed by atoms with Gasteiger partial charge in [0.05, 0.1) is 12.2 Å². The molecule has 1 aromatic carbocycles. The molecule has 0 bridgehead atoms. The molecule has 2 amide bonds. The van der Waals surface area contributed by atoms with Gasteiger partial charge in [-0.25, -0.2) is 4.79 Å². The van der Waals surface area contributed by atoms with Crippen LogP contribution in [0.1, 0.15) is 77.7 Å². The highest BCUT2D eigenvalue weighted by Gasteiger charge is 2.36. The monoisotopic (exact) mass is 482 g/mol. The average Bonchev–Trinajstić information content (AvgIpc) is 3.36. The zero-order valence-corrected chi connectivity index (χ0v) is 21.1. The van der Waals surface area contributed by atoms with Crippen LogP contribution in [0.4, 0.5) is 4.79 Å². The van der Waals surface area contributed by atoms with Crippen LogP contribution in [0.3, 0.4) is 0 Å². The second-order valence-electron chi connectivity index (χ2n) is 10.7. The summed E-state index contributed by atoms with van der Waals surface area (Å²) in [4.78, 5) is 30.8. The van der Waals surface area contributed by atoms with Crippen molar-refractivity contribution in [3.05, 3.63) is 35.9 Å². The number of carbonyl (C=O) groups is 2. The summed E-state index contributed by atoms with van der Waals surface area (Å²) >= 11 is 0. The van der Waals surface area contributed by atoms with E-state index in [-0.39, 0.29) is 29.9 Å². The Labute approximate surface area is 208 Å². The third kappa shape index (κ3) is 8.36. The maximum atomic E-state index is 13.5. The number of benzene rings is 1. The van der Waals surface area contributed by atoms with Crippen LogP contribution < -0.4 is 10.6 Å². The zero-order valence-electron chi connectivity index (χ0n) is 21.1. The Morgan fingerprint density at radius 1 is 1.20 bits per heavy atom. The molecular weight excluding hydrogens is 444 g/mol. The lowest BCUT2D eigenvalue weighted by Gasteiger charge is -2.33. The van der Waals surface area contributed by atoms with Gasteiger partial charge in [-0.05, 0) is 37.5 Å². The fourth-order valence-electron chi connectivity index (χ4n) is 4.52. The van der Waals surface area contributed by atoms with Gasteiger partial charge in [-0.2, -0.15) is 5.26 Å². The molecule has 3 rings (SSSR count). The van der Waals surface area contributed by atoms with Gasteiger partial charge in [0.2, 0.25) is 5.91 Å². The van der Waals surface area contributed by atoms with E-state index in [9.17, 15) is 14.9 Å². The molecule has 1 saturated carbocycles. The van der Waals surface area contributed by atoms with Crippen molar-refractivity contribution >= 4 is 17.8 Å². The molecule has 2 unspecified atom stereocenters. The molecule has 2 fully saturated rings. The number of nitriles is 1. The average molecular weight is 483 g/mol. The molecule has 1 aromatic rings. The molecule has 2 N–H and O–H groups in total. The summed E-state index contributed by atoms with van der Waals surface area (Å²) in [6.07, 6.45) is 5.71. The topological polar surface area (TPSA) is 113 Å². The third-order valence-corrected chi connectivity index (χ3v) is 6.37. The number of nitrogens with zero attached hydrogens (tertiary/aromatic N) is 2. The van der Waals surface area contributed by atoms with Gasteiger partial charge in [-0.1, -0.05) is 70.4 Å². The Balaban J connectivity index is 1.83. The number of rotatable bonds is 7. The first-order chi connectivity index (χ1) is 16.7. The molecule has 2 aliphatic rings. The first-order valence-corrected chi connectivity index (χ1v) is 12.6. The summed E-state index contributed by atoms with van der Waals surface area (Å²) in [5.74, 6) is -0.0340. The molecule has 8 nitrogen and oxygen atoms in total. The summed E-state index contributed by atoms with van der Waals surface area (Å²) < 4.78 is 10.9. The smallest absolute Gasteiger partial charge is 0.412 e. The highest BCUT2D eigenvalue weighted by Crippen LogP contribution is 2.29. The number of carbonyl (C=O) groups excluding carboxylic acids is 2. The molecule has 35 heavy (non-hydrogen) atoms. The Kier molecular flexibility index (Phi) is 9.27. The van der Waals surface area contributed by atoms with Crippen molar-refractivity contribution in [3.63, 3.8) is 0 Å². The standard InChI is InChI=1S/C27H38N4O4/c1-26(2,3)17-22(24(32)31-27(19-28)14-8-5-9-15-27)29-23(20-11-6-4-7-12-20)30-25(33)35-18-21-13-10-16-34-21/h4,6-7,11-12,21-22H,5,8-10,13-18H2,1-3H3,(H,31,32)(H,29,30,33).